The maximum atomic E-state index is 12.9. The van der Waals surface area contributed by atoms with Crippen molar-refractivity contribution in [1.82, 2.24) is 10.2 Å². The summed E-state index contributed by atoms with van der Waals surface area (Å²) in [6, 6.07) is 10.0. The van der Waals surface area contributed by atoms with E-state index in [1.807, 2.05) is 22.4 Å². The molecule has 1 aliphatic heterocycles. The van der Waals surface area contributed by atoms with E-state index in [4.69, 9.17) is 0 Å². The molecule has 0 unspecified atom stereocenters. The number of rotatable bonds is 5. The number of carbonyl (C=O) groups is 2. The molecule has 2 heterocycles. The number of likely N-dealkylation sites (tertiary alicyclic amines) is 1. The van der Waals surface area contributed by atoms with Gasteiger partial charge in [0, 0.05) is 30.4 Å². The minimum atomic E-state index is -0.283. The molecular formula is C19H21FN2O2S. The summed E-state index contributed by atoms with van der Waals surface area (Å²) >= 11 is 1.59. The molecule has 132 valence electrons. The van der Waals surface area contributed by atoms with E-state index in [2.05, 4.69) is 5.32 Å². The van der Waals surface area contributed by atoms with Gasteiger partial charge in [0.25, 0.3) is 0 Å². The maximum absolute atomic E-state index is 12.9. The Labute approximate surface area is 150 Å². The zero-order valence-electron chi connectivity index (χ0n) is 13.9. The lowest BCUT2D eigenvalue weighted by atomic mass is 9.95. The highest BCUT2D eigenvalue weighted by molar-refractivity contribution is 7.10. The van der Waals surface area contributed by atoms with Crippen molar-refractivity contribution in [2.45, 2.75) is 25.8 Å². The van der Waals surface area contributed by atoms with Gasteiger partial charge in [-0.25, -0.2) is 4.39 Å². The van der Waals surface area contributed by atoms with Crippen LogP contribution < -0.4 is 5.32 Å². The van der Waals surface area contributed by atoms with Crippen molar-refractivity contribution in [1.29, 1.82) is 0 Å². The molecule has 0 saturated carbocycles. The summed E-state index contributed by atoms with van der Waals surface area (Å²) < 4.78 is 12.9. The van der Waals surface area contributed by atoms with Crippen molar-refractivity contribution in [3.8, 4) is 0 Å². The third-order valence-electron chi connectivity index (χ3n) is 4.50. The quantitative estimate of drug-likeness (QED) is 0.891. The van der Waals surface area contributed by atoms with E-state index in [-0.39, 0.29) is 23.5 Å². The first kappa shape index (κ1) is 17.6. The van der Waals surface area contributed by atoms with Crippen LogP contribution in [0.4, 0.5) is 4.39 Å². The monoisotopic (exact) mass is 360 g/mol. The van der Waals surface area contributed by atoms with Crippen molar-refractivity contribution in [3.63, 3.8) is 0 Å². The fraction of sp³-hybridized carbons (Fsp3) is 0.368. The highest BCUT2D eigenvalue weighted by Crippen LogP contribution is 2.19. The fourth-order valence-electron chi connectivity index (χ4n) is 3.00. The number of nitrogens with one attached hydrogen (secondary N) is 1. The Bertz CT molecular complexity index is 708. The zero-order chi connectivity index (χ0) is 17.6. The normalized spacial score (nSPS) is 15.2. The van der Waals surface area contributed by atoms with E-state index in [1.165, 1.54) is 12.1 Å². The molecule has 0 spiro atoms. The van der Waals surface area contributed by atoms with Crippen LogP contribution in [0.2, 0.25) is 0 Å². The van der Waals surface area contributed by atoms with Crippen LogP contribution in [-0.4, -0.2) is 29.8 Å². The van der Waals surface area contributed by atoms with Gasteiger partial charge < -0.3 is 10.2 Å². The second-order valence-electron chi connectivity index (χ2n) is 6.26. The Morgan fingerprint density at radius 1 is 1.16 bits per heavy atom. The smallest absolute Gasteiger partial charge is 0.227 e. The third-order valence-corrected chi connectivity index (χ3v) is 5.38. The number of hydrogen-bond acceptors (Lipinski definition) is 3. The molecule has 2 aromatic rings. The molecule has 0 radical (unpaired) electrons. The van der Waals surface area contributed by atoms with E-state index < -0.39 is 0 Å². The Kier molecular flexibility index (Phi) is 5.81. The van der Waals surface area contributed by atoms with Gasteiger partial charge in [-0.2, -0.15) is 0 Å². The highest BCUT2D eigenvalue weighted by atomic mass is 32.1. The Balaban J connectivity index is 1.42. The predicted molar refractivity (Wildman–Crippen MR) is 95.6 cm³/mol. The van der Waals surface area contributed by atoms with Crippen molar-refractivity contribution >= 4 is 23.2 Å². The van der Waals surface area contributed by atoms with E-state index in [0.29, 0.717) is 38.9 Å². The molecule has 1 N–H and O–H groups in total. The minimum Gasteiger partial charge on any atom is -0.352 e. The minimum absolute atomic E-state index is 0.00896. The molecule has 4 nitrogen and oxygen atoms in total. The van der Waals surface area contributed by atoms with Crippen LogP contribution in [0.15, 0.2) is 41.8 Å². The summed E-state index contributed by atoms with van der Waals surface area (Å²) in [4.78, 5) is 27.5. The molecule has 3 rings (SSSR count). The Hall–Kier alpha value is -2.21. The summed E-state index contributed by atoms with van der Waals surface area (Å²) in [5.74, 6) is -0.205. The summed E-state index contributed by atoms with van der Waals surface area (Å²) in [6.07, 6.45) is 1.82. The fourth-order valence-corrected chi connectivity index (χ4v) is 3.70. The number of amides is 2. The first-order valence-electron chi connectivity index (χ1n) is 8.44. The largest absolute Gasteiger partial charge is 0.352 e. The van der Waals surface area contributed by atoms with Crippen LogP contribution in [0.1, 0.15) is 23.3 Å². The van der Waals surface area contributed by atoms with Gasteiger partial charge in [0.15, 0.2) is 0 Å². The van der Waals surface area contributed by atoms with E-state index in [0.717, 1.165) is 10.4 Å². The van der Waals surface area contributed by atoms with Crippen LogP contribution in [0.3, 0.4) is 0 Å². The molecule has 2 amide bonds. The van der Waals surface area contributed by atoms with Crippen LogP contribution in [0, 0.1) is 11.7 Å². The summed E-state index contributed by atoms with van der Waals surface area (Å²) in [5.41, 5.74) is 0.873. The average molecular weight is 360 g/mol. The second-order valence-corrected chi connectivity index (χ2v) is 7.29. The maximum Gasteiger partial charge on any atom is 0.227 e. The molecule has 0 aliphatic carbocycles. The SMILES string of the molecule is O=C(NCc1ccc(F)cc1)C1CCN(C(=O)Cc2cccs2)CC1. The van der Waals surface area contributed by atoms with Crippen molar-refractivity contribution in [3.05, 3.63) is 58.0 Å². The van der Waals surface area contributed by atoms with E-state index in [1.54, 1.807) is 23.5 Å². The van der Waals surface area contributed by atoms with Gasteiger partial charge in [-0.15, -0.1) is 11.3 Å². The van der Waals surface area contributed by atoms with E-state index >= 15 is 0 Å². The van der Waals surface area contributed by atoms with E-state index in [9.17, 15) is 14.0 Å². The lowest BCUT2D eigenvalue weighted by molar-refractivity contribution is -0.135. The van der Waals surface area contributed by atoms with Gasteiger partial charge >= 0.3 is 0 Å². The first-order valence-corrected chi connectivity index (χ1v) is 9.32. The number of piperidine rings is 1. The van der Waals surface area contributed by atoms with Crippen molar-refractivity contribution < 1.29 is 14.0 Å². The molecule has 25 heavy (non-hydrogen) atoms. The Morgan fingerprint density at radius 3 is 2.52 bits per heavy atom. The van der Waals surface area contributed by atoms with Gasteiger partial charge in [0.05, 0.1) is 6.42 Å². The molecule has 1 saturated heterocycles. The number of thiophene rings is 1. The number of nitrogens with zero attached hydrogens (tertiary/aromatic N) is 1. The van der Waals surface area contributed by atoms with Gasteiger partial charge in [-0.1, -0.05) is 18.2 Å². The molecule has 0 atom stereocenters. The summed E-state index contributed by atoms with van der Waals surface area (Å²) in [6.45, 7) is 1.65. The highest BCUT2D eigenvalue weighted by Gasteiger charge is 2.27. The van der Waals surface area contributed by atoms with Crippen LogP contribution in [0.25, 0.3) is 0 Å². The number of carbonyl (C=O) groups excluding carboxylic acids is 2. The predicted octanol–water partition coefficient (Wildman–Crippen LogP) is 2.98. The van der Waals surface area contributed by atoms with Crippen LogP contribution in [0.5, 0.6) is 0 Å². The second kappa shape index (κ2) is 8.25. The number of hydrogen-bond donors (Lipinski definition) is 1. The molecule has 1 fully saturated rings. The third kappa shape index (κ3) is 4.89. The molecule has 0 bridgehead atoms. The standard InChI is InChI=1S/C19H21FN2O2S/c20-16-5-3-14(4-6-16)13-21-19(24)15-7-9-22(10-8-15)18(23)12-17-2-1-11-25-17/h1-6,11,15H,7-10,12-13H2,(H,21,24). The lowest BCUT2D eigenvalue weighted by Crippen LogP contribution is -2.43. The molecule has 6 heteroatoms. The Morgan fingerprint density at radius 2 is 1.88 bits per heavy atom. The van der Waals surface area contributed by atoms with Gasteiger partial charge in [0.2, 0.25) is 11.8 Å². The summed E-state index contributed by atoms with van der Waals surface area (Å²) in [7, 11) is 0. The van der Waals surface area contributed by atoms with Crippen molar-refractivity contribution in [2.75, 3.05) is 13.1 Å². The molecular weight excluding hydrogens is 339 g/mol. The van der Waals surface area contributed by atoms with Crippen molar-refractivity contribution in [2.24, 2.45) is 5.92 Å². The van der Waals surface area contributed by atoms with Gasteiger partial charge in [0.1, 0.15) is 5.82 Å². The number of benzene rings is 1. The molecule has 1 aliphatic rings. The topological polar surface area (TPSA) is 49.4 Å². The lowest BCUT2D eigenvalue weighted by Gasteiger charge is -2.31. The van der Waals surface area contributed by atoms with Crippen LogP contribution >= 0.6 is 11.3 Å². The molecule has 1 aromatic heterocycles. The van der Waals surface area contributed by atoms with Crippen LogP contribution in [-0.2, 0) is 22.6 Å². The van der Waals surface area contributed by atoms with Gasteiger partial charge in [-0.3, -0.25) is 9.59 Å². The average Bonchev–Trinajstić information content (AvgIpc) is 3.14. The van der Waals surface area contributed by atoms with Gasteiger partial charge in [-0.05, 0) is 42.0 Å². The first-order chi connectivity index (χ1) is 12.1. The molecule has 1 aromatic carbocycles. The summed E-state index contributed by atoms with van der Waals surface area (Å²) in [5, 5.41) is 4.88. The number of halogens is 1. The zero-order valence-corrected chi connectivity index (χ0v) is 14.7.